The number of fused-ring (bicyclic) bond motifs is 4. The lowest BCUT2D eigenvalue weighted by Gasteiger charge is -2.38. The molecule has 268 valence electrons. The van der Waals surface area contributed by atoms with Crippen LogP contribution in [0.2, 0.25) is 0 Å². The first kappa shape index (κ1) is 37.0. The largest absolute Gasteiger partial charge is 0.335 e. The molecule has 0 spiro atoms. The van der Waals surface area contributed by atoms with Crippen LogP contribution in [0.1, 0.15) is 45.2 Å². The summed E-state index contributed by atoms with van der Waals surface area (Å²) in [5.41, 5.74) is 11.3. The summed E-state index contributed by atoms with van der Waals surface area (Å²) in [5, 5.41) is 2.58. The first-order valence-electron chi connectivity index (χ1n) is 18.4. The summed E-state index contributed by atoms with van der Waals surface area (Å²) in [7, 11) is 0. The van der Waals surface area contributed by atoms with Crippen LogP contribution in [0.15, 0.2) is 191 Å². The highest BCUT2D eigenvalue weighted by molar-refractivity contribution is 9.12. The van der Waals surface area contributed by atoms with Crippen molar-refractivity contribution in [1.82, 2.24) is 4.90 Å². The Bertz CT molecular complexity index is 2480. The number of benzene rings is 4. The van der Waals surface area contributed by atoms with Crippen LogP contribution >= 0.6 is 27.3 Å². The van der Waals surface area contributed by atoms with Crippen LogP contribution in [-0.4, -0.2) is 10.9 Å². The monoisotopic (exact) mass is 784 g/mol. The van der Waals surface area contributed by atoms with Gasteiger partial charge in [-0.2, -0.15) is 0 Å². The zero-order chi connectivity index (χ0) is 37.8. The summed E-state index contributed by atoms with van der Waals surface area (Å²) >= 11 is 5.98. The van der Waals surface area contributed by atoms with Gasteiger partial charge in [0.25, 0.3) is 0 Å². The van der Waals surface area contributed by atoms with Crippen molar-refractivity contribution in [2.24, 2.45) is 0 Å². The number of halogens is 1. The highest BCUT2D eigenvalue weighted by Gasteiger charge is 2.33. The number of thiophene rings is 1. The molecule has 4 aromatic carbocycles. The fourth-order valence-electron chi connectivity index (χ4n) is 8.10. The Morgan fingerprint density at radius 1 is 0.833 bits per heavy atom. The second-order valence-corrected chi connectivity index (χ2v) is 16.3. The SMILES string of the molecule is C#C.CC1=C(/C=C(\C)N(C2=CC=CCC=C2)C2C=CC=C(N(c3ccccc3)c3ccc4sc5ccccc5c4c3)C(Br)=C2)C(C)(C)c2ccccc2C1. The van der Waals surface area contributed by atoms with Crippen molar-refractivity contribution < 1.29 is 0 Å². The molecular weight excluding hydrogens is 741 g/mol. The summed E-state index contributed by atoms with van der Waals surface area (Å²) < 4.78 is 3.65. The van der Waals surface area contributed by atoms with Crippen molar-refractivity contribution >= 4 is 58.8 Å². The molecule has 1 unspecified atom stereocenters. The van der Waals surface area contributed by atoms with E-state index in [-0.39, 0.29) is 11.5 Å². The fraction of sp³-hybridized carbons (Fsp3) is 0.160. The first-order chi connectivity index (χ1) is 26.3. The maximum atomic E-state index is 4.13. The smallest absolute Gasteiger partial charge is 0.0720 e. The van der Waals surface area contributed by atoms with Crippen LogP contribution in [0.4, 0.5) is 11.4 Å². The molecule has 3 aliphatic rings. The Balaban J connectivity index is 0.00000221. The Hall–Kier alpha value is -5.34. The second-order valence-electron chi connectivity index (χ2n) is 14.4. The van der Waals surface area contributed by atoms with Gasteiger partial charge < -0.3 is 9.80 Å². The van der Waals surface area contributed by atoms with Crippen molar-refractivity contribution in [3.05, 3.63) is 202 Å². The maximum Gasteiger partial charge on any atom is 0.0720 e. The molecule has 0 N–H and O–H groups in total. The third kappa shape index (κ3) is 7.15. The molecule has 0 aliphatic heterocycles. The van der Waals surface area contributed by atoms with Crippen LogP contribution in [0.25, 0.3) is 20.2 Å². The number of hydrogen-bond acceptors (Lipinski definition) is 3. The molecule has 0 radical (unpaired) electrons. The lowest BCUT2D eigenvalue weighted by atomic mass is 9.69. The molecular formula is C50H45BrN2S. The molecule has 2 nitrogen and oxygen atoms in total. The van der Waals surface area contributed by atoms with Crippen molar-refractivity contribution in [2.45, 2.75) is 52.0 Å². The van der Waals surface area contributed by atoms with Crippen molar-refractivity contribution in [1.29, 1.82) is 0 Å². The summed E-state index contributed by atoms with van der Waals surface area (Å²) in [5.74, 6) is 0. The van der Waals surface area contributed by atoms with Crippen LogP contribution in [0.5, 0.6) is 0 Å². The predicted octanol–water partition coefficient (Wildman–Crippen LogP) is 14.0. The minimum Gasteiger partial charge on any atom is -0.335 e. The van der Waals surface area contributed by atoms with E-state index < -0.39 is 0 Å². The second kappa shape index (κ2) is 15.9. The van der Waals surface area contributed by atoms with Crippen molar-refractivity contribution in [3.63, 3.8) is 0 Å². The van der Waals surface area contributed by atoms with Gasteiger partial charge in [-0.1, -0.05) is 110 Å². The first-order valence-corrected chi connectivity index (χ1v) is 20.1. The molecule has 5 aromatic rings. The third-order valence-corrected chi connectivity index (χ3v) is 12.4. The molecule has 0 fully saturated rings. The molecule has 0 bridgehead atoms. The van der Waals surface area contributed by atoms with Crippen molar-refractivity contribution in [3.8, 4) is 12.8 Å². The van der Waals surface area contributed by atoms with Crippen LogP contribution in [-0.2, 0) is 11.8 Å². The number of nitrogens with zero attached hydrogens (tertiary/aromatic N) is 2. The fourth-order valence-corrected chi connectivity index (χ4v) is 9.76. The van der Waals surface area contributed by atoms with Crippen LogP contribution < -0.4 is 4.90 Å². The van der Waals surface area contributed by atoms with E-state index in [1.165, 1.54) is 53.8 Å². The highest BCUT2D eigenvalue weighted by Crippen LogP contribution is 2.44. The van der Waals surface area contributed by atoms with Gasteiger partial charge in [0, 0.05) is 52.8 Å². The molecule has 0 saturated heterocycles. The lowest BCUT2D eigenvalue weighted by Crippen LogP contribution is -2.32. The van der Waals surface area contributed by atoms with E-state index in [4.69, 9.17) is 0 Å². The minimum absolute atomic E-state index is 0.0393. The maximum absolute atomic E-state index is 4.13. The number of hydrogen-bond donors (Lipinski definition) is 0. The van der Waals surface area contributed by atoms with E-state index >= 15 is 0 Å². The summed E-state index contributed by atoms with van der Waals surface area (Å²) in [6, 6.07) is 35.2. The topological polar surface area (TPSA) is 6.48 Å². The molecule has 8 rings (SSSR count). The van der Waals surface area contributed by atoms with Gasteiger partial charge in [-0.25, -0.2) is 0 Å². The van der Waals surface area contributed by atoms with Gasteiger partial charge >= 0.3 is 0 Å². The number of allylic oxidation sites excluding steroid dienone is 12. The summed E-state index contributed by atoms with van der Waals surface area (Å²) in [6.45, 7) is 9.32. The molecule has 3 aliphatic carbocycles. The molecule has 54 heavy (non-hydrogen) atoms. The molecule has 1 aromatic heterocycles. The average molecular weight is 786 g/mol. The number of para-hydroxylation sites is 1. The minimum atomic E-state index is -0.102. The standard InChI is InChI=1S/C48H43BrN2S.C2H2/c1-33-29-35-17-12-14-24-42(35)48(3,4)43(33)30-34(2)50(36-18-8-5-6-9-19-36)38-22-16-25-45(44(49)32-38)51(37-20-10-7-11-21-37)39-27-28-47-41(31-39)40-23-13-15-26-46(40)52-47;1-2/h5,7-28,30-32,38H,6,29H2,1-4H3;1-2H/b34-30+;. The average Bonchev–Trinajstić information content (AvgIpc) is 3.29. The number of rotatable bonds is 7. The van der Waals surface area contributed by atoms with Gasteiger partial charge in [0.1, 0.15) is 0 Å². The van der Waals surface area contributed by atoms with Gasteiger partial charge in [0.05, 0.1) is 11.7 Å². The molecule has 0 amide bonds. The van der Waals surface area contributed by atoms with Gasteiger partial charge in [0.15, 0.2) is 0 Å². The van der Waals surface area contributed by atoms with Crippen LogP contribution in [0.3, 0.4) is 0 Å². The summed E-state index contributed by atoms with van der Waals surface area (Å²) in [6.07, 6.45) is 32.7. The van der Waals surface area contributed by atoms with Gasteiger partial charge in [-0.3, -0.25) is 0 Å². The van der Waals surface area contributed by atoms with Gasteiger partial charge in [-0.15, -0.1) is 24.2 Å². The normalized spacial score (nSPS) is 17.8. The lowest BCUT2D eigenvalue weighted by molar-refractivity contribution is 0.420. The molecule has 1 heterocycles. The molecule has 4 heteroatoms. The Labute approximate surface area is 333 Å². The molecule has 1 atom stereocenters. The third-order valence-electron chi connectivity index (χ3n) is 10.6. The quantitative estimate of drug-likeness (QED) is 0.152. The van der Waals surface area contributed by atoms with Crippen LogP contribution in [0, 0.1) is 12.8 Å². The Morgan fingerprint density at radius 3 is 2.41 bits per heavy atom. The zero-order valence-electron chi connectivity index (χ0n) is 31.3. The van der Waals surface area contributed by atoms with E-state index in [2.05, 4.69) is 224 Å². The zero-order valence-corrected chi connectivity index (χ0v) is 33.7. The van der Waals surface area contributed by atoms with E-state index in [1.54, 1.807) is 0 Å². The summed E-state index contributed by atoms with van der Waals surface area (Å²) in [4.78, 5) is 4.85. The predicted molar refractivity (Wildman–Crippen MR) is 238 cm³/mol. The Kier molecular flexibility index (Phi) is 10.9. The highest BCUT2D eigenvalue weighted by atomic mass is 79.9. The molecule has 0 saturated carbocycles. The number of anilines is 2. The van der Waals surface area contributed by atoms with E-state index in [1.807, 2.05) is 11.3 Å². The van der Waals surface area contributed by atoms with E-state index in [0.717, 1.165) is 34.4 Å². The van der Waals surface area contributed by atoms with Gasteiger partial charge in [-0.05, 0) is 126 Å². The van der Waals surface area contributed by atoms with Gasteiger partial charge in [0.2, 0.25) is 0 Å². The Morgan fingerprint density at radius 2 is 1.57 bits per heavy atom. The van der Waals surface area contributed by atoms with E-state index in [0.29, 0.717) is 0 Å². The number of terminal acetylenes is 1. The van der Waals surface area contributed by atoms with E-state index in [9.17, 15) is 0 Å². The van der Waals surface area contributed by atoms with Crippen molar-refractivity contribution in [2.75, 3.05) is 4.90 Å².